The van der Waals surface area contributed by atoms with E-state index >= 15 is 0 Å². The molecular weight excluding hydrogens is 360 g/mol. The predicted molar refractivity (Wildman–Crippen MR) is 96.6 cm³/mol. The summed E-state index contributed by atoms with van der Waals surface area (Å²) in [5.41, 5.74) is 1.20. The molecule has 0 fully saturated rings. The third-order valence-corrected chi connectivity index (χ3v) is 5.06. The molecule has 0 saturated carbocycles. The molecule has 1 heterocycles. The van der Waals surface area contributed by atoms with Crippen LogP contribution in [0.3, 0.4) is 0 Å². The third-order valence-electron chi connectivity index (χ3n) is 3.82. The van der Waals surface area contributed by atoms with Gasteiger partial charge in [-0.05, 0) is 49.2 Å². The minimum Gasteiger partial charge on any atom is -0.451 e. The maximum absolute atomic E-state index is 13.9. The summed E-state index contributed by atoms with van der Waals surface area (Å²) < 4.78 is 33.2. The second-order valence-corrected chi connectivity index (χ2v) is 6.83. The summed E-state index contributed by atoms with van der Waals surface area (Å²) in [7, 11) is 0. The van der Waals surface area contributed by atoms with Crippen molar-refractivity contribution in [3.8, 4) is 0 Å². The molecule has 26 heavy (non-hydrogen) atoms. The molecule has 0 spiro atoms. The van der Waals surface area contributed by atoms with Crippen molar-refractivity contribution in [2.45, 2.75) is 13.8 Å². The number of benzene rings is 2. The number of hydrogen-bond acceptors (Lipinski definition) is 4. The third kappa shape index (κ3) is 3.57. The highest BCUT2D eigenvalue weighted by molar-refractivity contribution is 7.21. The average Bonchev–Trinajstić information content (AvgIpc) is 2.93. The Morgan fingerprint density at radius 3 is 2.58 bits per heavy atom. The zero-order valence-corrected chi connectivity index (χ0v) is 14.9. The number of nitrogens with one attached hydrogen (secondary N) is 1. The van der Waals surface area contributed by atoms with Gasteiger partial charge in [-0.25, -0.2) is 13.6 Å². The largest absolute Gasteiger partial charge is 0.451 e. The van der Waals surface area contributed by atoms with Crippen LogP contribution in [0.25, 0.3) is 10.1 Å². The van der Waals surface area contributed by atoms with Gasteiger partial charge < -0.3 is 10.1 Å². The number of thiophene rings is 1. The van der Waals surface area contributed by atoms with Crippen LogP contribution in [0.2, 0.25) is 0 Å². The summed E-state index contributed by atoms with van der Waals surface area (Å²) in [5, 5.41) is 2.72. The number of esters is 1. The fraction of sp³-hybridized carbons (Fsp3) is 0.158. The Labute approximate surface area is 152 Å². The molecule has 3 rings (SSSR count). The van der Waals surface area contributed by atoms with Crippen molar-refractivity contribution in [3.05, 3.63) is 64.0 Å². The standard InChI is InChI=1S/C19H15F2NO3S/c1-10-6-7-14(13(21)8-10)22-16(23)9-25-19(24)18-11(2)17-12(20)4-3-5-15(17)26-18/h3-8H,9H2,1-2H3,(H,22,23). The lowest BCUT2D eigenvalue weighted by molar-refractivity contribution is -0.119. The first-order valence-electron chi connectivity index (χ1n) is 7.77. The number of hydrogen-bond donors (Lipinski definition) is 1. The monoisotopic (exact) mass is 375 g/mol. The maximum atomic E-state index is 13.9. The van der Waals surface area contributed by atoms with Gasteiger partial charge in [0.25, 0.3) is 5.91 Å². The number of amides is 1. The summed E-state index contributed by atoms with van der Waals surface area (Å²) >= 11 is 1.10. The highest BCUT2D eigenvalue weighted by Gasteiger charge is 2.20. The van der Waals surface area contributed by atoms with E-state index < -0.39 is 30.1 Å². The Bertz CT molecular complexity index is 1010. The van der Waals surface area contributed by atoms with Crippen LogP contribution in [0.4, 0.5) is 14.5 Å². The number of carbonyl (C=O) groups is 2. The van der Waals surface area contributed by atoms with Gasteiger partial charge in [0.1, 0.15) is 16.5 Å². The Kier molecular flexibility index (Phi) is 4.99. The fourth-order valence-corrected chi connectivity index (χ4v) is 3.67. The zero-order chi connectivity index (χ0) is 18.8. The molecule has 0 bridgehead atoms. The van der Waals surface area contributed by atoms with Crippen LogP contribution in [-0.4, -0.2) is 18.5 Å². The van der Waals surface area contributed by atoms with Crippen LogP contribution in [0.1, 0.15) is 20.8 Å². The highest BCUT2D eigenvalue weighted by atomic mass is 32.1. The maximum Gasteiger partial charge on any atom is 0.349 e. The van der Waals surface area contributed by atoms with Gasteiger partial charge >= 0.3 is 5.97 Å². The molecule has 4 nitrogen and oxygen atoms in total. The molecule has 134 valence electrons. The Morgan fingerprint density at radius 2 is 1.88 bits per heavy atom. The lowest BCUT2D eigenvalue weighted by Gasteiger charge is -2.07. The molecule has 0 atom stereocenters. The quantitative estimate of drug-likeness (QED) is 0.679. The van der Waals surface area contributed by atoms with E-state index in [1.807, 2.05) is 0 Å². The fourth-order valence-electron chi connectivity index (χ4n) is 2.55. The molecule has 0 saturated heterocycles. The molecule has 0 radical (unpaired) electrons. The van der Waals surface area contributed by atoms with E-state index in [0.29, 0.717) is 15.6 Å². The summed E-state index contributed by atoms with van der Waals surface area (Å²) in [4.78, 5) is 24.3. The van der Waals surface area contributed by atoms with E-state index in [0.717, 1.165) is 16.9 Å². The zero-order valence-electron chi connectivity index (χ0n) is 14.1. The van der Waals surface area contributed by atoms with Gasteiger partial charge in [-0.2, -0.15) is 0 Å². The molecule has 0 aliphatic heterocycles. The van der Waals surface area contributed by atoms with Crippen LogP contribution in [0.15, 0.2) is 36.4 Å². The molecule has 1 amide bonds. The molecule has 0 aliphatic carbocycles. The van der Waals surface area contributed by atoms with Crippen molar-refractivity contribution < 1.29 is 23.1 Å². The Hall–Kier alpha value is -2.80. The van der Waals surface area contributed by atoms with Crippen LogP contribution in [0.5, 0.6) is 0 Å². The normalized spacial score (nSPS) is 10.8. The van der Waals surface area contributed by atoms with Gasteiger partial charge in [0.05, 0.1) is 5.69 Å². The van der Waals surface area contributed by atoms with Crippen LogP contribution in [-0.2, 0) is 9.53 Å². The smallest absolute Gasteiger partial charge is 0.349 e. The number of aryl methyl sites for hydroxylation is 2. The van der Waals surface area contributed by atoms with Crippen molar-refractivity contribution in [3.63, 3.8) is 0 Å². The van der Waals surface area contributed by atoms with Crippen molar-refractivity contribution in [2.75, 3.05) is 11.9 Å². The molecule has 0 unspecified atom stereocenters. The van der Waals surface area contributed by atoms with Crippen molar-refractivity contribution in [2.24, 2.45) is 0 Å². The SMILES string of the molecule is Cc1ccc(NC(=O)COC(=O)c2sc3cccc(F)c3c2C)c(F)c1. The second-order valence-electron chi connectivity index (χ2n) is 5.78. The summed E-state index contributed by atoms with van der Waals surface area (Å²) in [6.07, 6.45) is 0. The molecule has 0 aliphatic rings. The van der Waals surface area contributed by atoms with E-state index in [1.165, 1.54) is 18.2 Å². The summed E-state index contributed by atoms with van der Waals surface area (Å²) in [6, 6.07) is 8.96. The van der Waals surface area contributed by atoms with Crippen molar-refractivity contribution in [1.29, 1.82) is 0 Å². The highest BCUT2D eigenvalue weighted by Crippen LogP contribution is 2.32. The number of anilines is 1. The summed E-state index contributed by atoms with van der Waals surface area (Å²) in [6.45, 7) is 2.79. The van der Waals surface area contributed by atoms with Crippen LogP contribution in [0, 0.1) is 25.5 Å². The lowest BCUT2D eigenvalue weighted by Crippen LogP contribution is -2.21. The van der Waals surface area contributed by atoms with Gasteiger partial charge in [-0.1, -0.05) is 12.1 Å². The van der Waals surface area contributed by atoms with E-state index in [1.54, 1.807) is 32.0 Å². The van der Waals surface area contributed by atoms with E-state index in [4.69, 9.17) is 4.74 Å². The van der Waals surface area contributed by atoms with Gasteiger partial charge in [0.2, 0.25) is 0 Å². The van der Waals surface area contributed by atoms with Crippen molar-refractivity contribution in [1.82, 2.24) is 0 Å². The molecule has 1 N–H and O–H groups in total. The molecule has 2 aromatic carbocycles. The minimum atomic E-state index is -0.720. The predicted octanol–water partition coefficient (Wildman–Crippen LogP) is 4.59. The summed E-state index contributed by atoms with van der Waals surface area (Å²) in [5.74, 6) is -2.36. The van der Waals surface area contributed by atoms with Gasteiger partial charge in [0.15, 0.2) is 6.61 Å². The number of carbonyl (C=O) groups excluding carboxylic acids is 2. The number of halogens is 2. The number of fused-ring (bicyclic) bond motifs is 1. The first kappa shape index (κ1) is 18.0. The van der Waals surface area contributed by atoms with Gasteiger partial charge in [0, 0.05) is 10.1 Å². The Balaban J connectivity index is 1.68. The number of rotatable bonds is 4. The van der Waals surface area contributed by atoms with Gasteiger partial charge in [-0.3, -0.25) is 4.79 Å². The Morgan fingerprint density at radius 1 is 1.12 bits per heavy atom. The molecule has 3 aromatic rings. The van der Waals surface area contributed by atoms with Crippen LogP contribution < -0.4 is 5.32 Å². The molecular formula is C19H15F2NO3S. The van der Waals surface area contributed by atoms with Crippen LogP contribution >= 0.6 is 11.3 Å². The first-order valence-corrected chi connectivity index (χ1v) is 8.59. The topological polar surface area (TPSA) is 55.4 Å². The second kappa shape index (κ2) is 7.21. The molecule has 7 heteroatoms. The first-order chi connectivity index (χ1) is 12.4. The van der Waals surface area contributed by atoms with E-state index in [2.05, 4.69) is 5.32 Å². The average molecular weight is 375 g/mol. The molecule has 1 aromatic heterocycles. The number of ether oxygens (including phenoxy) is 1. The lowest BCUT2D eigenvalue weighted by atomic mass is 10.1. The van der Waals surface area contributed by atoms with E-state index in [9.17, 15) is 18.4 Å². The van der Waals surface area contributed by atoms with E-state index in [-0.39, 0.29) is 10.6 Å². The minimum absolute atomic E-state index is 0.0109. The van der Waals surface area contributed by atoms with Gasteiger partial charge in [-0.15, -0.1) is 11.3 Å². The van der Waals surface area contributed by atoms with Crippen molar-refractivity contribution >= 4 is 39.0 Å².